The molecule has 1 atom stereocenters. The van der Waals surface area contributed by atoms with Gasteiger partial charge in [-0.15, -0.1) is 0 Å². The molecule has 1 aliphatic heterocycles. The highest BCUT2D eigenvalue weighted by Crippen LogP contribution is 2.32. The Hall–Kier alpha value is -3.85. The molecular formula is C27H28N2O6S. The average molecular weight is 509 g/mol. The molecule has 0 saturated carbocycles. The molecule has 0 amide bonds. The Labute approximate surface area is 212 Å². The van der Waals surface area contributed by atoms with Crippen LogP contribution in [-0.4, -0.2) is 38.0 Å². The molecule has 9 heteroatoms. The van der Waals surface area contributed by atoms with E-state index in [9.17, 15) is 9.59 Å². The summed E-state index contributed by atoms with van der Waals surface area (Å²) >= 11 is 1.25. The zero-order valence-electron chi connectivity index (χ0n) is 21.0. The minimum Gasteiger partial charge on any atom is -0.497 e. The normalized spacial score (nSPS) is 15.4. The van der Waals surface area contributed by atoms with Gasteiger partial charge in [-0.2, -0.15) is 0 Å². The van der Waals surface area contributed by atoms with Gasteiger partial charge in [-0.1, -0.05) is 23.5 Å². The van der Waals surface area contributed by atoms with Crippen molar-refractivity contribution >= 4 is 23.4 Å². The van der Waals surface area contributed by atoms with E-state index in [0.717, 1.165) is 5.56 Å². The maximum Gasteiger partial charge on any atom is 0.338 e. The summed E-state index contributed by atoms with van der Waals surface area (Å²) < 4.78 is 23.7. The SMILES string of the molecule is COc1ccc([C@@H]2C(C(=O)OC(C)C)=C(C)N=c3s/c(=C\c4cc(OC)ccc4OC)c(=O)n32)cc1. The third kappa shape index (κ3) is 4.79. The van der Waals surface area contributed by atoms with Gasteiger partial charge in [0.05, 0.1) is 49.3 Å². The first-order valence-electron chi connectivity index (χ1n) is 11.4. The monoisotopic (exact) mass is 508 g/mol. The molecule has 3 aromatic rings. The van der Waals surface area contributed by atoms with Crippen LogP contribution in [0.4, 0.5) is 0 Å². The standard InChI is InChI=1S/C27H28N2O6S/c1-15(2)35-26(31)23-16(3)28-27-29(24(23)17-7-9-19(32-4)10-8-17)25(30)22(36-27)14-18-13-20(33-5)11-12-21(18)34-6/h7-15,24H,1-6H3/b22-14-/t24-/m1/s1. The second-order valence-electron chi connectivity index (χ2n) is 8.42. The maximum absolute atomic E-state index is 13.8. The van der Waals surface area contributed by atoms with Crippen molar-refractivity contribution in [2.24, 2.45) is 4.99 Å². The lowest BCUT2D eigenvalue weighted by Crippen LogP contribution is -2.40. The summed E-state index contributed by atoms with van der Waals surface area (Å²) in [5, 5.41) is 0. The fourth-order valence-electron chi connectivity index (χ4n) is 4.06. The number of hydrogen-bond acceptors (Lipinski definition) is 8. The highest BCUT2D eigenvalue weighted by atomic mass is 32.1. The molecule has 0 aliphatic carbocycles. The van der Waals surface area contributed by atoms with E-state index in [1.807, 2.05) is 12.1 Å². The van der Waals surface area contributed by atoms with Gasteiger partial charge < -0.3 is 18.9 Å². The third-order valence-electron chi connectivity index (χ3n) is 5.74. The summed E-state index contributed by atoms with van der Waals surface area (Å²) in [5.41, 5.74) is 2.00. The molecule has 0 unspecified atom stereocenters. The Morgan fingerprint density at radius 2 is 1.69 bits per heavy atom. The van der Waals surface area contributed by atoms with Crippen molar-refractivity contribution in [3.8, 4) is 17.2 Å². The summed E-state index contributed by atoms with van der Waals surface area (Å²) in [5.74, 6) is 1.41. The molecule has 8 nitrogen and oxygen atoms in total. The predicted molar refractivity (Wildman–Crippen MR) is 138 cm³/mol. The predicted octanol–water partition coefficient (Wildman–Crippen LogP) is 3.21. The number of esters is 1. The van der Waals surface area contributed by atoms with Crippen LogP contribution < -0.4 is 29.1 Å². The van der Waals surface area contributed by atoms with Crippen LogP contribution in [0.1, 0.15) is 37.9 Å². The number of methoxy groups -OCH3 is 3. The first-order valence-corrected chi connectivity index (χ1v) is 12.2. The molecule has 1 aromatic heterocycles. The average Bonchev–Trinajstić information content (AvgIpc) is 3.16. The summed E-state index contributed by atoms with van der Waals surface area (Å²) in [6, 6.07) is 12.0. The molecule has 0 saturated heterocycles. The van der Waals surface area contributed by atoms with E-state index >= 15 is 0 Å². The molecule has 2 heterocycles. The maximum atomic E-state index is 13.8. The number of fused-ring (bicyclic) bond motifs is 1. The number of thiazole rings is 1. The van der Waals surface area contributed by atoms with Crippen molar-refractivity contribution in [1.82, 2.24) is 4.57 Å². The fourth-order valence-corrected chi connectivity index (χ4v) is 5.09. The van der Waals surface area contributed by atoms with Crippen LogP contribution in [0.15, 0.2) is 63.5 Å². The van der Waals surface area contributed by atoms with E-state index in [2.05, 4.69) is 4.99 Å². The van der Waals surface area contributed by atoms with E-state index in [4.69, 9.17) is 18.9 Å². The van der Waals surface area contributed by atoms with Gasteiger partial charge in [0.25, 0.3) is 5.56 Å². The summed E-state index contributed by atoms with van der Waals surface area (Å²) in [4.78, 5) is 32.1. The summed E-state index contributed by atoms with van der Waals surface area (Å²) in [6.07, 6.45) is 1.43. The lowest BCUT2D eigenvalue weighted by atomic mass is 9.96. The van der Waals surface area contributed by atoms with Crippen LogP contribution in [0.25, 0.3) is 6.08 Å². The van der Waals surface area contributed by atoms with Crippen molar-refractivity contribution in [3.63, 3.8) is 0 Å². The molecule has 0 bridgehead atoms. The van der Waals surface area contributed by atoms with E-state index in [0.29, 0.717) is 43.4 Å². The second-order valence-corrected chi connectivity index (χ2v) is 9.43. The quantitative estimate of drug-likeness (QED) is 0.456. The van der Waals surface area contributed by atoms with Gasteiger partial charge in [-0.3, -0.25) is 9.36 Å². The Balaban J connectivity index is 1.95. The number of nitrogens with zero attached hydrogens (tertiary/aromatic N) is 2. The topological polar surface area (TPSA) is 88.4 Å². The Bertz CT molecular complexity index is 1500. The van der Waals surface area contributed by atoms with Gasteiger partial charge in [-0.25, -0.2) is 9.79 Å². The zero-order chi connectivity index (χ0) is 26.0. The van der Waals surface area contributed by atoms with Crippen molar-refractivity contribution in [1.29, 1.82) is 0 Å². The van der Waals surface area contributed by atoms with Gasteiger partial charge in [0.15, 0.2) is 4.80 Å². The number of aromatic nitrogens is 1. The number of allylic oxidation sites excluding steroid dienone is 1. The molecule has 4 rings (SSSR count). The molecule has 0 spiro atoms. The highest BCUT2D eigenvalue weighted by Gasteiger charge is 2.33. The molecule has 0 N–H and O–H groups in total. The molecule has 0 radical (unpaired) electrons. The number of benzene rings is 2. The summed E-state index contributed by atoms with van der Waals surface area (Å²) in [7, 11) is 4.73. The van der Waals surface area contributed by atoms with Crippen LogP contribution in [0.3, 0.4) is 0 Å². The Kier molecular flexibility index (Phi) is 7.30. The number of rotatable bonds is 7. The minimum atomic E-state index is -0.701. The Morgan fingerprint density at radius 1 is 1.03 bits per heavy atom. The third-order valence-corrected chi connectivity index (χ3v) is 6.72. The first kappa shape index (κ1) is 25.2. The van der Waals surface area contributed by atoms with E-state index < -0.39 is 12.0 Å². The number of hydrogen-bond donors (Lipinski definition) is 0. The largest absolute Gasteiger partial charge is 0.497 e. The van der Waals surface area contributed by atoms with Gasteiger partial charge >= 0.3 is 5.97 Å². The number of ether oxygens (including phenoxy) is 4. The van der Waals surface area contributed by atoms with Crippen LogP contribution >= 0.6 is 11.3 Å². The number of carbonyl (C=O) groups is 1. The zero-order valence-corrected chi connectivity index (χ0v) is 21.8. The smallest absolute Gasteiger partial charge is 0.338 e. The van der Waals surface area contributed by atoms with Crippen LogP contribution in [0.5, 0.6) is 17.2 Å². The highest BCUT2D eigenvalue weighted by molar-refractivity contribution is 7.07. The molecule has 188 valence electrons. The molecule has 2 aromatic carbocycles. The fraction of sp³-hybridized carbons (Fsp3) is 0.296. The summed E-state index contributed by atoms with van der Waals surface area (Å²) in [6.45, 7) is 5.33. The van der Waals surface area contributed by atoms with Crippen LogP contribution in [0, 0.1) is 0 Å². The first-order chi connectivity index (χ1) is 17.3. The van der Waals surface area contributed by atoms with Crippen molar-refractivity contribution in [2.45, 2.75) is 32.9 Å². The minimum absolute atomic E-state index is 0.271. The van der Waals surface area contributed by atoms with Gasteiger partial charge in [0.1, 0.15) is 17.2 Å². The Morgan fingerprint density at radius 3 is 2.31 bits per heavy atom. The van der Waals surface area contributed by atoms with Crippen molar-refractivity contribution < 1.29 is 23.7 Å². The van der Waals surface area contributed by atoms with Gasteiger partial charge in [0.2, 0.25) is 0 Å². The molecule has 36 heavy (non-hydrogen) atoms. The lowest BCUT2D eigenvalue weighted by molar-refractivity contribution is -0.143. The van der Waals surface area contributed by atoms with E-state index in [-0.39, 0.29) is 11.7 Å². The molecular weight excluding hydrogens is 480 g/mol. The molecule has 1 aliphatic rings. The van der Waals surface area contributed by atoms with Crippen molar-refractivity contribution in [2.75, 3.05) is 21.3 Å². The van der Waals surface area contributed by atoms with E-state index in [1.54, 1.807) is 83.1 Å². The van der Waals surface area contributed by atoms with Gasteiger partial charge in [0, 0.05) is 5.56 Å². The van der Waals surface area contributed by atoms with Crippen LogP contribution in [0.2, 0.25) is 0 Å². The molecule has 0 fully saturated rings. The van der Waals surface area contributed by atoms with Crippen molar-refractivity contribution in [3.05, 3.63) is 84.5 Å². The van der Waals surface area contributed by atoms with E-state index in [1.165, 1.54) is 11.3 Å². The number of carbonyl (C=O) groups excluding carboxylic acids is 1. The van der Waals surface area contributed by atoms with Crippen LogP contribution in [-0.2, 0) is 9.53 Å². The lowest BCUT2D eigenvalue weighted by Gasteiger charge is -2.25. The van der Waals surface area contributed by atoms with Gasteiger partial charge in [-0.05, 0) is 62.7 Å². The second kappa shape index (κ2) is 10.4.